The Labute approximate surface area is 164 Å². The number of amides is 1. The van der Waals surface area contributed by atoms with E-state index in [-0.39, 0.29) is 5.91 Å². The lowest BCUT2D eigenvalue weighted by Crippen LogP contribution is -2.27. The van der Waals surface area contributed by atoms with Crippen LogP contribution in [0.2, 0.25) is 5.02 Å². The first-order valence-corrected chi connectivity index (χ1v) is 10.2. The summed E-state index contributed by atoms with van der Waals surface area (Å²) in [6, 6.07) is 3.59. The summed E-state index contributed by atoms with van der Waals surface area (Å²) in [6.07, 6.45) is 3.18. The maximum absolute atomic E-state index is 12.9. The highest BCUT2D eigenvalue weighted by Gasteiger charge is 2.31. The number of anilines is 1. The minimum absolute atomic E-state index is 0.0725. The zero-order valence-corrected chi connectivity index (χ0v) is 17.6. The number of benzene rings is 1. The SMILES string of the molecule is COc1cc(Cl)c(C)cc1NC(=O)c1csc2c1CCC(C(C)(C)C)C2. The standard InChI is InChI=1S/C21H26ClNO2S/c1-12-8-17(18(25-5)10-16(12)22)23-20(24)15-11-26-19-9-13(21(2,3)4)6-7-14(15)19/h8,10-11,13H,6-7,9H2,1-5H3,(H,23,24). The van der Waals surface area contributed by atoms with Crippen LogP contribution in [-0.2, 0) is 12.8 Å². The van der Waals surface area contributed by atoms with Gasteiger partial charge in [-0.3, -0.25) is 4.79 Å². The molecule has 1 heterocycles. The van der Waals surface area contributed by atoms with Gasteiger partial charge in [0.05, 0.1) is 18.4 Å². The molecule has 0 radical (unpaired) electrons. The van der Waals surface area contributed by atoms with E-state index < -0.39 is 0 Å². The normalized spacial score (nSPS) is 16.9. The summed E-state index contributed by atoms with van der Waals surface area (Å²) in [5.41, 5.74) is 3.88. The third-order valence-electron chi connectivity index (χ3n) is 5.35. The Kier molecular flexibility index (Phi) is 5.36. The summed E-state index contributed by atoms with van der Waals surface area (Å²) in [5.74, 6) is 1.17. The Morgan fingerprint density at radius 3 is 2.73 bits per heavy atom. The van der Waals surface area contributed by atoms with Crippen LogP contribution < -0.4 is 10.1 Å². The Morgan fingerprint density at radius 1 is 1.35 bits per heavy atom. The lowest BCUT2D eigenvalue weighted by Gasteiger charge is -2.34. The number of hydrogen-bond donors (Lipinski definition) is 1. The molecule has 1 unspecified atom stereocenters. The molecule has 1 aromatic heterocycles. The van der Waals surface area contributed by atoms with Gasteiger partial charge < -0.3 is 10.1 Å². The molecule has 1 atom stereocenters. The quantitative estimate of drug-likeness (QED) is 0.684. The van der Waals surface area contributed by atoms with Crippen LogP contribution in [0.1, 0.15) is 53.6 Å². The Morgan fingerprint density at radius 2 is 2.08 bits per heavy atom. The van der Waals surface area contributed by atoms with Gasteiger partial charge in [-0.1, -0.05) is 32.4 Å². The molecule has 1 aliphatic rings. The fraction of sp³-hybridized carbons (Fsp3) is 0.476. The zero-order valence-electron chi connectivity index (χ0n) is 16.0. The molecule has 1 N–H and O–H groups in total. The molecule has 3 rings (SSSR count). The fourth-order valence-electron chi connectivity index (χ4n) is 3.56. The number of carbonyl (C=O) groups is 1. The molecule has 0 fully saturated rings. The molecule has 5 heteroatoms. The molecule has 0 spiro atoms. The molecule has 26 heavy (non-hydrogen) atoms. The predicted molar refractivity (Wildman–Crippen MR) is 110 cm³/mol. The molecule has 2 aromatic rings. The van der Waals surface area contributed by atoms with Crippen molar-refractivity contribution in [2.24, 2.45) is 11.3 Å². The van der Waals surface area contributed by atoms with Crippen LogP contribution in [0.3, 0.4) is 0 Å². The van der Waals surface area contributed by atoms with Crippen molar-refractivity contribution in [1.82, 2.24) is 0 Å². The molecule has 3 nitrogen and oxygen atoms in total. The average Bonchev–Trinajstić information content (AvgIpc) is 3.00. The van der Waals surface area contributed by atoms with Gasteiger partial charge in [-0.15, -0.1) is 11.3 Å². The van der Waals surface area contributed by atoms with E-state index in [1.807, 2.05) is 18.4 Å². The van der Waals surface area contributed by atoms with Gasteiger partial charge in [0.15, 0.2) is 0 Å². The van der Waals surface area contributed by atoms with Gasteiger partial charge in [0.2, 0.25) is 0 Å². The molecule has 1 aliphatic carbocycles. The van der Waals surface area contributed by atoms with Crippen LogP contribution in [0.15, 0.2) is 17.5 Å². The highest BCUT2D eigenvalue weighted by molar-refractivity contribution is 7.10. The summed E-state index contributed by atoms with van der Waals surface area (Å²) >= 11 is 7.87. The Hall–Kier alpha value is -1.52. The maximum atomic E-state index is 12.9. The number of hydrogen-bond acceptors (Lipinski definition) is 3. The van der Waals surface area contributed by atoms with Crippen molar-refractivity contribution in [3.63, 3.8) is 0 Å². The van der Waals surface area contributed by atoms with Crippen molar-refractivity contribution in [2.45, 2.75) is 47.0 Å². The van der Waals surface area contributed by atoms with E-state index in [9.17, 15) is 4.79 Å². The van der Waals surface area contributed by atoms with E-state index >= 15 is 0 Å². The number of fused-ring (bicyclic) bond motifs is 1. The van der Waals surface area contributed by atoms with Crippen molar-refractivity contribution in [2.75, 3.05) is 12.4 Å². The topological polar surface area (TPSA) is 38.3 Å². The summed E-state index contributed by atoms with van der Waals surface area (Å²) in [6.45, 7) is 8.83. The first-order valence-electron chi connectivity index (χ1n) is 8.95. The first-order chi connectivity index (χ1) is 12.2. The predicted octanol–water partition coefficient (Wildman–Crippen LogP) is 6.12. The molecule has 1 amide bonds. The van der Waals surface area contributed by atoms with Crippen LogP contribution in [0, 0.1) is 18.3 Å². The Bertz CT molecular complexity index is 835. The van der Waals surface area contributed by atoms with Crippen molar-refractivity contribution >= 4 is 34.5 Å². The van der Waals surface area contributed by atoms with Crippen LogP contribution in [0.25, 0.3) is 0 Å². The maximum Gasteiger partial charge on any atom is 0.256 e. The van der Waals surface area contributed by atoms with Crippen LogP contribution in [0.5, 0.6) is 5.75 Å². The molecule has 1 aromatic carbocycles. The minimum Gasteiger partial charge on any atom is -0.495 e. The lowest BCUT2D eigenvalue weighted by atomic mass is 9.72. The molecule has 0 saturated carbocycles. The van der Waals surface area contributed by atoms with Crippen molar-refractivity contribution in [1.29, 1.82) is 0 Å². The number of thiophene rings is 1. The second-order valence-corrected chi connectivity index (χ2v) is 9.48. The van der Waals surface area contributed by atoms with Crippen LogP contribution in [-0.4, -0.2) is 13.0 Å². The summed E-state index contributed by atoms with van der Waals surface area (Å²) in [7, 11) is 1.58. The van der Waals surface area contributed by atoms with E-state index in [1.54, 1.807) is 24.5 Å². The van der Waals surface area contributed by atoms with Gasteiger partial charge in [-0.2, -0.15) is 0 Å². The number of methoxy groups -OCH3 is 1. The van der Waals surface area contributed by atoms with E-state index in [4.69, 9.17) is 16.3 Å². The van der Waals surface area contributed by atoms with Gasteiger partial charge in [-0.25, -0.2) is 0 Å². The van der Waals surface area contributed by atoms with Gasteiger partial charge in [0, 0.05) is 21.3 Å². The van der Waals surface area contributed by atoms with E-state index in [0.29, 0.717) is 27.8 Å². The summed E-state index contributed by atoms with van der Waals surface area (Å²) in [4.78, 5) is 14.3. The molecular weight excluding hydrogens is 366 g/mol. The number of ether oxygens (including phenoxy) is 1. The molecule has 140 valence electrons. The highest BCUT2D eigenvalue weighted by atomic mass is 35.5. The van der Waals surface area contributed by atoms with Crippen molar-refractivity contribution < 1.29 is 9.53 Å². The first kappa shape index (κ1) is 19.2. The number of halogens is 1. The summed E-state index contributed by atoms with van der Waals surface area (Å²) in [5, 5.41) is 5.63. The number of aryl methyl sites for hydroxylation is 1. The van der Waals surface area contributed by atoms with Gasteiger partial charge in [-0.05, 0) is 54.7 Å². The second-order valence-electron chi connectivity index (χ2n) is 8.11. The van der Waals surface area contributed by atoms with Crippen molar-refractivity contribution in [3.05, 3.63) is 44.1 Å². The number of rotatable bonds is 3. The highest BCUT2D eigenvalue weighted by Crippen LogP contribution is 2.41. The second kappa shape index (κ2) is 7.24. The third kappa shape index (κ3) is 3.77. The molecule has 0 bridgehead atoms. The fourth-order valence-corrected chi connectivity index (χ4v) is 4.88. The minimum atomic E-state index is -0.0725. The Balaban J connectivity index is 1.83. The smallest absolute Gasteiger partial charge is 0.256 e. The number of carbonyl (C=O) groups excluding carboxylic acids is 1. The van der Waals surface area contributed by atoms with Gasteiger partial charge >= 0.3 is 0 Å². The molecular formula is C21H26ClNO2S. The number of nitrogens with one attached hydrogen (secondary N) is 1. The average molecular weight is 392 g/mol. The zero-order chi connectivity index (χ0) is 19.1. The van der Waals surface area contributed by atoms with E-state index in [2.05, 4.69) is 26.1 Å². The monoisotopic (exact) mass is 391 g/mol. The van der Waals surface area contributed by atoms with Gasteiger partial charge in [0.1, 0.15) is 5.75 Å². The van der Waals surface area contributed by atoms with Crippen molar-refractivity contribution in [3.8, 4) is 5.75 Å². The van der Waals surface area contributed by atoms with Crippen LogP contribution in [0.4, 0.5) is 5.69 Å². The lowest BCUT2D eigenvalue weighted by molar-refractivity contribution is 0.102. The molecule has 0 aliphatic heterocycles. The van der Waals surface area contributed by atoms with E-state index in [0.717, 1.165) is 30.4 Å². The van der Waals surface area contributed by atoms with Gasteiger partial charge in [0.25, 0.3) is 5.91 Å². The van der Waals surface area contributed by atoms with Crippen LogP contribution >= 0.6 is 22.9 Å². The molecule has 0 saturated heterocycles. The largest absolute Gasteiger partial charge is 0.495 e. The summed E-state index contributed by atoms with van der Waals surface area (Å²) < 4.78 is 5.37. The van der Waals surface area contributed by atoms with E-state index in [1.165, 1.54) is 10.4 Å². The third-order valence-corrected chi connectivity index (χ3v) is 6.81.